The molecule has 0 fully saturated rings. The number of rotatable bonds is 3. The lowest BCUT2D eigenvalue weighted by Crippen LogP contribution is -2.32. The summed E-state index contributed by atoms with van der Waals surface area (Å²) >= 11 is 5.88. The average Bonchev–Trinajstić information content (AvgIpc) is 2.74. The van der Waals surface area contributed by atoms with Crippen molar-refractivity contribution in [1.82, 2.24) is 14.6 Å². The van der Waals surface area contributed by atoms with E-state index in [4.69, 9.17) is 11.6 Å². The summed E-state index contributed by atoms with van der Waals surface area (Å²) in [5.74, 6) is 0. The molecule has 2 aromatic rings. The summed E-state index contributed by atoms with van der Waals surface area (Å²) in [4.78, 5) is 4.14. The molecule has 0 spiro atoms. The van der Waals surface area contributed by atoms with Gasteiger partial charge in [-0.25, -0.2) is 9.50 Å². The Hall–Kier alpha value is -1.17. The Labute approximate surface area is 97.3 Å². The van der Waals surface area contributed by atoms with E-state index in [1.54, 1.807) is 25.4 Å². The van der Waals surface area contributed by atoms with Crippen LogP contribution in [0.5, 0.6) is 0 Å². The maximum atomic E-state index is 9.37. The summed E-state index contributed by atoms with van der Waals surface area (Å²) in [6.07, 6.45) is 3.26. The van der Waals surface area contributed by atoms with Crippen LogP contribution < -0.4 is 0 Å². The number of hydrogen-bond acceptors (Lipinski definition) is 4. The topological polar surface area (TPSA) is 70.7 Å². The second-order valence-corrected chi connectivity index (χ2v) is 4.34. The van der Waals surface area contributed by atoms with Gasteiger partial charge in [0.1, 0.15) is 5.15 Å². The van der Waals surface area contributed by atoms with Crippen LogP contribution >= 0.6 is 11.6 Å². The molecule has 2 heterocycles. The first-order chi connectivity index (χ1) is 7.60. The minimum Gasteiger partial charge on any atom is -0.395 e. The second kappa shape index (κ2) is 4.01. The number of fused-ring (bicyclic) bond motifs is 1. The Bertz CT molecular complexity index is 508. The first kappa shape index (κ1) is 11.3. The zero-order valence-electron chi connectivity index (χ0n) is 8.76. The van der Waals surface area contributed by atoms with Gasteiger partial charge in [-0.2, -0.15) is 5.10 Å². The van der Waals surface area contributed by atoms with E-state index >= 15 is 0 Å². The van der Waals surface area contributed by atoms with E-state index in [9.17, 15) is 10.2 Å². The fraction of sp³-hybridized carbons (Fsp3) is 0.400. The van der Waals surface area contributed by atoms with Crippen molar-refractivity contribution in [3.05, 3.63) is 29.2 Å². The highest BCUT2D eigenvalue weighted by Gasteiger charge is 2.28. The summed E-state index contributed by atoms with van der Waals surface area (Å²) in [5, 5.41) is 23.1. The maximum absolute atomic E-state index is 9.37. The molecule has 0 bridgehead atoms. The van der Waals surface area contributed by atoms with E-state index in [2.05, 4.69) is 10.1 Å². The van der Waals surface area contributed by atoms with Crippen LogP contribution in [0.25, 0.3) is 5.65 Å². The van der Waals surface area contributed by atoms with E-state index < -0.39 is 5.41 Å². The molecule has 6 heteroatoms. The van der Waals surface area contributed by atoms with E-state index in [0.717, 1.165) is 0 Å². The van der Waals surface area contributed by atoms with Gasteiger partial charge in [0.05, 0.1) is 13.2 Å². The number of aliphatic hydroxyl groups is 2. The Kier molecular flexibility index (Phi) is 2.84. The Morgan fingerprint density at radius 3 is 2.75 bits per heavy atom. The van der Waals surface area contributed by atoms with Gasteiger partial charge in [0.2, 0.25) is 0 Å². The molecule has 0 atom stereocenters. The monoisotopic (exact) mass is 241 g/mol. The SMILES string of the molecule is CC(CO)(CO)c1cc(Cl)nn2ccnc12. The van der Waals surface area contributed by atoms with Gasteiger partial charge in [-0.1, -0.05) is 18.5 Å². The number of nitrogens with zero attached hydrogens (tertiary/aromatic N) is 3. The molecular weight excluding hydrogens is 230 g/mol. The smallest absolute Gasteiger partial charge is 0.157 e. The molecule has 16 heavy (non-hydrogen) atoms. The van der Waals surface area contributed by atoms with Crippen molar-refractivity contribution in [2.75, 3.05) is 13.2 Å². The predicted molar refractivity (Wildman–Crippen MR) is 59.5 cm³/mol. The average molecular weight is 242 g/mol. The van der Waals surface area contributed by atoms with E-state index in [1.807, 2.05) is 0 Å². The van der Waals surface area contributed by atoms with E-state index in [1.165, 1.54) is 4.52 Å². The van der Waals surface area contributed by atoms with Crippen LogP contribution in [0.2, 0.25) is 5.15 Å². The molecule has 86 valence electrons. The molecule has 0 aliphatic carbocycles. The summed E-state index contributed by atoms with van der Waals surface area (Å²) in [6.45, 7) is 1.37. The Morgan fingerprint density at radius 1 is 1.44 bits per heavy atom. The number of imidazole rings is 1. The van der Waals surface area contributed by atoms with Crippen molar-refractivity contribution in [1.29, 1.82) is 0 Å². The molecule has 2 aromatic heterocycles. The van der Waals surface area contributed by atoms with Crippen LogP contribution in [0.1, 0.15) is 12.5 Å². The van der Waals surface area contributed by atoms with Crippen LogP contribution in [-0.2, 0) is 5.41 Å². The van der Waals surface area contributed by atoms with Crippen molar-refractivity contribution < 1.29 is 10.2 Å². The maximum Gasteiger partial charge on any atom is 0.157 e. The minimum absolute atomic E-state index is 0.188. The lowest BCUT2D eigenvalue weighted by atomic mass is 9.85. The molecule has 0 amide bonds. The summed E-state index contributed by atoms with van der Waals surface area (Å²) < 4.78 is 1.53. The van der Waals surface area contributed by atoms with Gasteiger partial charge in [0.15, 0.2) is 5.65 Å². The van der Waals surface area contributed by atoms with Gasteiger partial charge in [-0.05, 0) is 6.07 Å². The van der Waals surface area contributed by atoms with Gasteiger partial charge in [0, 0.05) is 23.4 Å². The van der Waals surface area contributed by atoms with Gasteiger partial charge < -0.3 is 10.2 Å². The zero-order chi connectivity index (χ0) is 11.8. The fourth-order valence-corrected chi connectivity index (χ4v) is 1.74. The lowest BCUT2D eigenvalue weighted by Gasteiger charge is -2.25. The van der Waals surface area contributed by atoms with Crippen molar-refractivity contribution in [3.63, 3.8) is 0 Å². The third-order valence-corrected chi connectivity index (χ3v) is 2.86. The van der Waals surface area contributed by atoms with Crippen LogP contribution in [-0.4, -0.2) is 38.0 Å². The number of aromatic nitrogens is 3. The number of hydrogen-bond donors (Lipinski definition) is 2. The first-order valence-electron chi connectivity index (χ1n) is 4.83. The van der Waals surface area contributed by atoms with Crippen LogP contribution in [0, 0.1) is 0 Å². The third-order valence-electron chi connectivity index (χ3n) is 2.68. The molecule has 2 N–H and O–H groups in total. The van der Waals surface area contributed by atoms with Gasteiger partial charge in [-0.3, -0.25) is 0 Å². The van der Waals surface area contributed by atoms with Crippen LogP contribution in [0.4, 0.5) is 0 Å². The molecule has 5 nitrogen and oxygen atoms in total. The zero-order valence-corrected chi connectivity index (χ0v) is 9.52. The molecule has 0 saturated heterocycles. The number of halogens is 1. The first-order valence-corrected chi connectivity index (χ1v) is 5.20. The van der Waals surface area contributed by atoms with Crippen molar-refractivity contribution in [3.8, 4) is 0 Å². The van der Waals surface area contributed by atoms with Crippen molar-refractivity contribution in [2.24, 2.45) is 0 Å². The van der Waals surface area contributed by atoms with Crippen LogP contribution in [0.3, 0.4) is 0 Å². The van der Waals surface area contributed by atoms with E-state index in [0.29, 0.717) is 16.4 Å². The molecule has 2 rings (SSSR count). The molecule has 0 unspecified atom stereocenters. The van der Waals surface area contributed by atoms with Crippen molar-refractivity contribution >= 4 is 17.2 Å². The van der Waals surface area contributed by atoms with E-state index in [-0.39, 0.29) is 13.2 Å². The molecule has 0 aliphatic heterocycles. The van der Waals surface area contributed by atoms with Crippen LogP contribution in [0.15, 0.2) is 18.5 Å². The summed E-state index contributed by atoms with van der Waals surface area (Å²) in [5.41, 5.74) is 0.497. The molecule has 0 saturated carbocycles. The highest BCUT2D eigenvalue weighted by Crippen LogP contribution is 2.27. The quantitative estimate of drug-likeness (QED) is 0.827. The molecule has 0 aliphatic rings. The second-order valence-electron chi connectivity index (χ2n) is 3.95. The fourth-order valence-electron chi connectivity index (χ4n) is 1.55. The highest BCUT2D eigenvalue weighted by atomic mass is 35.5. The molecule has 0 radical (unpaired) electrons. The Morgan fingerprint density at radius 2 is 2.12 bits per heavy atom. The minimum atomic E-state index is -0.779. The largest absolute Gasteiger partial charge is 0.395 e. The number of aliphatic hydroxyl groups excluding tert-OH is 2. The van der Waals surface area contributed by atoms with Gasteiger partial charge >= 0.3 is 0 Å². The lowest BCUT2D eigenvalue weighted by molar-refractivity contribution is 0.130. The van der Waals surface area contributed by atoms with Gasteiger partial charge in [-0.15, -0.1) is 0 Å². The van der Waals surface area contributed by atoms with Crippen molar-refractivity contribution in [2.45, 2.75) is 12.3 Å². The molecule has 0 aromatic carbocycles. The normalized spacial score (nSPS) is 12.2. The Balaban J connectivity index is 2.71. The predicted octanol–water partition coefficient (Wildman–Crippen LogP) is 0.625. The highest BCUT2D eigenvalue weighted by molar-refractivity contribution is 6.29. The summed E-state index contributed by atoms with van der Waals surface area (Å²) in [7, 11) is 0. The third kappa shape index (κ3) is 1.67. The summed E-state index contributed by atoms with van der Waals surface area (Å²) in [6, 6.07) is 1.62. The molecular formula is C10H12ClN3O2. The standard InChI is InChI=1S/C10H12ClN3O2/c1-10(5-15,6-16)7-4-8(11)13-14-3-2-12-9(7)14/h2-4,15-16H,5-6H2,1H3. The van der Waals surface area contributed by atoms with Gasteiger partial charge in [0.25, 0.3) is 0 Å².